The van der Waals surface area contributed by atoms with Gasteiger partial charge in [0.25, 0.3) is 0 Å². The van der Waals surface area contributed by atoms with E-state index in [1.54, 1.807) is 7.11 Å². The Bertz CT molecular complexity index is 944. The van der Waals surface area contributed by atoms with Crippen molar-refractivity contribution in [2.24, 2.45) is 0 Å². The number of nitrogens with zero attached hydrogens (tertiary/aromatic N) is 3. The fraction of sp³-hybridized carbons (Fsp3) is 0.250. The van der Waals surface area contributed by atoms with Crippen molar-refractivity contribution in [2.75, 3.05) is 12.9 Å². The zero-order valence-electron chi connectivity index (χ0n) is 15.7. The Morgan fingerprint density at radius 2 is 1.93 bits per heavy atom. The predicted octanol–water partition coefficient (Wildman–Crippen LogP) is 4.04. The third kappa shape index (κ3) is 4.85. The first-order valence-corrected chi connectivity index (χ1v) is 10.2. The van der Waals surface area contributed by atoms with E-state index in [1.165, 1.54) is 11.8 Å². The molecule has 0 saturated heterocycles. The van der Waals surface area contributed by atoms with Crippen LogP contribution < -0.4 is 10.1 Å². The summed E-state index contributed by atoms with van der Waals surface area (Å²) >= 11 is 7.48. The first kappa shape index (κ1) is 20.2. The lowest BCUT2D eigenvalue weighted by molar-refractivity contribution is -0.118. The van der Waals surface area contributed by atoms with Gasteiger partial charge < -0.3 is 14.6 Å². The van der Waals surface area contributed by atoms with Crippen LogP contribution in [0.5, 0.6) is 5.75 Å². The minimum atomic E-state index is -0.0819. The second-order valence-electron chi connectivity index (χ2n) is 5.94. The van der Waals surface area contributed by atoms with Gasteiger partial charge >= 0.3 is 0 Å². The van der Waals surface area contributed by atoms with Gasteiger partial charge in [0, 0.05) is 23.7 Å². The van der Waals surface area contributed by atoms with Crippen molar-refractivity contribution in [2.45, 2.75) is 25.2 Å². The van der Waals surface area contributed by atoms with Crippen LogP contribution in [-0.2, 0) is 17.9 Å². The molecule has 0 bridgehead atoms. The molecule has 0 unspecified atom stereocenters. The van der Waals surface area contributed by atoms with Gasteiger partial charge in [-0.3, -0.25) is 4.79 Å². The van der Waals surface area contributed by atoms with Crippen molar-refractivity contribution in [3.63, 3.8) is 0 Å². The minimum Gasteiger partial charge on any atom is -0.497 e. The third-order valence-electron chi connectivity index (χ3n) is 4.15. The first-order chi connectivity index (χ1) is 13.6. The number of halogens is 1. The SMILES string of the molecule is CCn1c(SCC(=O)NCc2ccccc2Cl)nnc1-c1ccc(OC)cc1. The molecule has 0 saturated carbocycles. The van der Waals surface area contributed by atoms with Gasteiger partial charge in [-0.1, -0.05) is 41.6 Å². The van der Waals surface area contributed by atoms with Gasteiger partial charge in [0.15, 0.2) is 11.0 Å². The molecular weight excluding hydrogens is 396 g/mol. The van der Waals surface area contributed by atoms with Crippen molar-refractivity contribution >= 4 is 29.3 Å². The maximum Gasteiger partial charge on any atom is 0.230 e. The van der Waals surface area contributed by atoms with Gasteiger partial charge in [-0.2, -0.15) is 0 Å². The number of rotatable bonds is 8. The Hall–Kier alpha value is -2.51. The summed E-state index contributed by atoms with van der Waals surface area (Å²) in [4.78, 5) is 12.2. The number of ether oxygens (including phenoxy) is 1. The van der Waals surface area contributed by atoms with E-state index >= 15 is 0 Å². The summed E-state index contributed by atoms with van der Waals surface area (Å²) in [6.45, 7) is 3.13. The van der Waals surface area contributed by atoms with E-state index in [0.29, 0.717) is 23.3 Å². The van der Waals surface area contributed by atoms with Crippen LogP contribution in [0.3, 0.4) is 0 Å². The fourth-order valence-corrected chi connectivity index (χ4v) is 3.69. The highest BCUT2D eigenvalue weighted by Crippen LogP contribution is 2.25. The Balaban J connectivity index is 1.62. The number of hydrogen-bond acceptors (Lipinski definition) is 5. The maximum absolute atomic E-state index is 12.2. The molecule has 0 fully saturated rings. The number of hydrogen-bond donors (Lipinski definition) is 1. The molecule has 0 spiro atoms. The van der Waals surface area contributed by atoms with Crippen LogP contribution in [0.2, 0.25) is 5.02 Å². The van der Waals surface area contributed by atoms with E-state index in [1.807, 2.05) is 60.0 Å². The van der Waals surface area contributed by atoms with E-state index < -0.39 is 0 Å². The Morgan fingerprint density at radius 3 is 2.61 bits per heavy atom. The Kier molecular flexibility index (Phi) is 6.95. The smallest absolute Gasteiger partial charge is 0.230 e. The standard InChI is InChI=1S/C20H21ClN4O2S/c1-3-25-19(14-8-10-16(27-2)11-9-14)23-24-20(25)28-13-18(26)22-12-15-6-4-5-7-17(15)21/h4-11H,3,12-13H2,1-2H3,(H,22,26). The third-order valence-corrected chi connectivity index (χ3v) is 5.48. The molecule has 0 atom stereocenters. The van der Waals surface area contributed by atoms with E-state index in [4.69, 9.17) is 16.3 Å². The first-order valence-electron chi connectivity index (χ1n) is 8.83. The van der Waals surface area contributed by atoms with Crippen LogP contribution in [-0.4, -0.2) is 33.5 Å². The lowest BCUT2D eigenvalue weighted by Crippen LogP contribution is -2.24. The number of carbonyl (C=O) groups excluding carboxylic acids is 1. The largest absolute Gasteiger partial charge is 0.497 e. The number of methoxy groups -OCH3 is 1. The number of benzene rings is 2. The topological polar surface area (TPSA) is 69.0 Å². The van der Waals surface area contributed by atoms with Gasteiger partial charge in [0.05, 0.1) is 12.9 Å². The highest BCUT2D eigenvalue weighted by Gasteiger charge is 2.15. The number of nitrogens with one attached hydrogen (secondary N) is 1. The van der Waals surface area contributed by atoms with Gasteiger partial charge in [0.1, 0.15) is 5.75 Å². The molecule has 0 aliphatic heterocycles. The van der Waals surface area contributed by atoms with E-state index in [-0.39, 0.29) is 11.7 Å². The average Bonchev–Trinajstić information content (AvgIpc) is 3.14. The second-order valence-corrected chi connectivity index (χ2v) is 7.29. The summed E-state index contributed by atoms with van der Waals surface area (Å²) in [6.07, 6.45) is 0. The number of thioether (sulfide) groups is 1. The Labute approximate surface area is 173 Å². The maximum atomic E-state index is 12.2. The van der Waals surface area contributed by atoms with Gasteiger partial charge in [0.2, 0.25) is 5.91 Å². The molecule has 6 nitrogen and oxygen atoms in total. The highest BCUT2D eigenvalue weighted by atomic mass is 35.5. The Morgan fingerprint density at radius 1 is 1.18 bits per heavy atom. The van der Waals surface area contributed by atoms with E-state index in [2.05, 4.69) is 15.5 Å². The number of carbonyl (C=O) groups is 1. The molecule has 28 heavy (non-hydrogen) atoms. The molecule has 3 aromatic rings. The lowest BCUT2D eigenvalue weighted by Gasteiger charge is -2.09. The lowest BCUT2D eigenvalue weighted by atomic mass is 10.2. The minimum absolute atomic E-state index is 0.0819. The molecule has 1 N–H and O–H groups in total. The zero-order chi connectivity index (χ0) is 19.9. The van der Waals surface area contributed by atoms with Crippen LogP contribution in [0, 0.1) is 0 Å². The summed E-state index contributed by atoms with van der Waals surface area (Å²) in [5.74, 6) is 1.73. The molecule has 1 aromatic heterocycles. The average molecular weight is 417 g/mol. The van der Waals surface area contributed by atoms with Crippen LogP contribution in [0.15, 0.2) is 53.7 Å². The van der Waals surface area contributed by atoms with Crippen LogP contribution in [0.4, 0.5) is 0 Å². The molecule has 0 aliphatic rings. The molecule has 1 heterocycles. The molecule has 8 heteroatoms. The fourth-order valence-electron chi connectivity index (χ4n) is 2.65. The van der Waals surface area contributed by atoms with Gasteiger partial charge in [-0.05, 0) is 42.8 Å². The summed E-state index contributed by atoms with van der Waals surface area (Å²) < 4.78 is 7.19. The molecule has 1 amide bonds. The molecule has 0 radical (unpaired) electrons. The molecule has 3 rings (SSSR count). The molecular formula is C20H21ClN4O2S. The zero-order valence-corrected chi connectivity index (χ0v) is 17.3. The van der Waals surface area contributed by atoms with Gasteiger partial charge in [-0.15, -0.1) is 10.2 Å². The summed E-state index contributed by atoms with van der Waals surface area (Å²) in [6, 6.07) is 15.1. The molecule has 146 valence electrons. The van der Waals surface area contributed by atoms with Crippen LogP contribution >= 0.6 is 23.4 Å². The second kappa shape index (κ2) is 9.61. The van der Waals surface area contributed by atoms with E-state index in [9.17, 15) is 4.79 Å². The summed E-state index contributed by atoms with van der Waals surface area (Å²) in [5.41, 5.74) is 1.84. The number of aromatic nitrogens is 3. The highest BCUT2D eigenvalue weighted by molar-refractivity contribution is 7.99. The predicted molar refractivity (Wildman–Crippen MR) is 112 cm³/mol. The van der Waals surface area contributed by atoms with Crippen molar-refractivity contribution in [1.29, 1.82) is 0 Å². The molecule has 2 aromatic carbocycles. The normalized spacial score (nSPS) is 10.7. The molecule has 0 aliphatic carbocycles. The van der Waals surface area contributed by atoms with Crippen molar-refractivity contribution < 1.29 is 9.53 Å². The van der Waals surface area contributed by atoms with Crippen LogP contribution in [0.1, 0.15) is 12.5 Å². The summed E-state index contributed by atoms with van der Waals surface area (Å²) in [7, 11) is 1.63. The quantitative estimate of drug-likeness (QED) is 0.561. The summed E-state index contributed by atoms with van der Waals surface area (Å²) in [5, 5.41) is 12.8. The number of amides is 1. The van der Waals surface area contributed by atoms with Crippen molar-refractivity contribution in [3.05, 3.63) is 59.1 Å². The van der Waals surface area contributed by atoms with Crippen molar-refractivity contribution in [1.82, 2.24) is 20.1 Å². The van der Waals surface area contributed by atoms with E-state index in [0.717, 1.165) is 22.7 Å². The van der Waals surface area contributed by atoms with Crippen LogP contribution in [0.25, 0.3) is 11.4 Å². The van der Waals surface area contributed by atoms with Gasteiger partial charge in [-0.25, -0.2) is 0 Å². The van der Waals surface area contributed by atoms with Crippen molar-refractivity contribution in [3.8, 4) is 17.1 Å². The monoisotopic (exact) mass is 416 g/mol.